The number of hydrogen-bond donors (Lipinski definition) is 1. The van der Waals surface area contributed by atoms with Crippen molar-refractivity contribution in [1.82, 2.24) is 9.88 Å². The summed E-state index contributed by atoms with van der Waals surface area (Å²) < 4.78 is 0. The van der Waals surface area contributed by atoms with Gasteiger partial charge in [-0.2, -0.15) is 5.26 Å². The molecule has 1 aromatic carbocycles. The molecule has 24 heavy (non-hydrogen) atoms. The summed E-state index contributed by atoms with van der Waals surface area (Å²) >= 11 is 0. The molecule has 0 aliphatic carbocycles. The van der Waals surface area contributed by atoms with Crippen molar-refractivity contribution in [2.45, 2.75) is 25.3 Å². The Morgan fingerprint density at radius 3 is 2.83 bits per heavy atom. The van der Waals surface area contributed by atoms with E-state index in [1.165, 1.54) is 5.56 Å². The van der Waals surface area contributed by atoms with E-state index in [-0.39, 0.29) is 11.9 Å². The van der Waals surface area contributed by atoms with Gasteiger partial charge in [0.05, 0.1) is 11.9 Å². The monoisotopic (exact) mass is 320 g/mol. The standard InChI is InChI=1S/C19H20N4O/c20-12-16-7-8-17(13-21-16)22-18-10-11-23(14-18)19(24)9-6-15-4-2-1-3-5-15/h1-5,7-8,13,18,22H,6,9-11,14H2. The number of nitrogens with one attached hydrogen (secondary N) is 1. The van der Waals surface area contributed by atoms with Crippen LogP contribution < -0.4 is 5.32 Å². The molecule has 2 aromatic rings. The summed E-state index contributed by atoms with van der Waals surface area (Å²) in [7, 11) is 0. The quantitative estimate of drug-likeness (QED) is 0.919. The van der Waals surface area contributed by atoms with Crippen molar-refractivity contribution in [2.24, 2.45) is 0 Å². The number of pyridine rings is 1. The number of carbonyl (C=O) groups is 1. The van der Waals surface area contributed by atoms with Gasteiger partial charge in [0.25, 0.3) is 0 Å². The van der Waals surface area contributed by atoms with Gasteiger partial charge in [-0.25, -0.2) is 4.98 Å². The molecule has 0 saturated carbocycles. The molecule has 1 amide bonds. The Morgan fingerprint density at radius 1 is 1.29 bits per heavy atom. The van der Waals surface area contributed by atoms with Crippen molar-refractivity contribution in [2.75, 3.05) is 18.4 Å². The van der Waals surface area contributed by atoms with Gasteiger partial charge in [-0.05, 0) is 30.5 Å². The number of anilines is 1. The average molecular weight is 320 g/mol. The number of nitrogens with zero attached hydrogens (tertiary/aromatic N) is 3. The van der Waals surface area contributed by atoms with Crippen LogP contribution in [0.5, 0.6) is 0 Å². The van der Waals surface area contributed by atoms with Gasteiger partial charge in [-0.15, -0.1) is 0 Å². The molecule has 0 radical (unpaired) electrons. The predicted octanol–water partition coefficient (Wildman–Crippen LogP) is 2.60. The van der Waals surface area contributed by atoms with E-state index in [0.717, 1.165) is 25.1 Å². The molecule has 1 fully saturated rings. The number of benzene rings is 1. The fourth-order valence-corrected chi connectivity index (χ4v) is 2.94. The van der Waals surface area contributed by atoms with E-state index < -0.39 is 0 Å². The molecule has 1 N–H and O–H groups in total. The van der Waals surface area contributed by atoms with E-state index in [1.807, 2.05) is 35.2 Å². The second-order valence-corrected chi connectivity index (χ2v) is 6.00. The Hall–Kier alpha value is -2.87. The van der Waals surface area contributed by atoms with Crippen molar-refractivity contribution >= 4 is 11.6 Å². The molecule has 5 heteroatoms. The highest BCUT2D eigenvalue weighted by molar-refractivity contribution is 5.77. The number of likely N-dealkylation sites (tertiary alicyclic amines) is 1. The first kappa shape index (κ1) is 16.0. The average Bonchev–Trinajstić information content (AvgIpc) is 3.10. The zero-order valence-electron chi connectivity index (χ0n) is 13.5. The number of amides is 1. The van der Waals surface area contributed by atoms with Crippen LogP contribution in [-0.2, 0) is 11.2 Å². The molecular weight excluding hydrogens is 300 g/mol. The summed E-state index contributed by atoms with van der Waals surface area (Å²) in [4.78, 5) is 18.3. The van der Waals surface area contributed by atoms with E-state index in [1.54, 1.807) is 12.3 Å². The Bertz CT molecular complexity index is 721. The van der Waals surface area contributed by atoms with Gasteiger partial charge in [0.15, 0.2) is 0 Å². The largest absolute Gasteiger partial charge is 0.379 e. The SMILES string of the molecule is N#Cc1ccc(NC2CCN(C(=O)CCc3ccccc3)C2)cn1. The van der Waals surface area contributed by atoms with Crippen LogP contribution in [0.4, 0.5) is 5.69 Å². The fraction of sp³-hybridized carbons (Fsp3) is 0.316. The maximum Gasteiger partial charge on any atom is 0.222 e. The lowest BCUT2D eigenvalue weighted by atomic mass is 10.1. The number of aryl methyl sites for hydroxylation is 1. The van der Waals surface area contributed by atoms with Crippen molar-refractivity contribution in [3.05, 3.63) is 59.9 Å². The Morgan fingerprint density at radius 2 is 2.12 bits per heavy atom. The first-order chi connectivity index (χ1) is 11.7. The van der Waals surface area contributed by atoms with Crippen LogP contribution in [0, 0.1) is 11.3 Å². The molecular formula is C19H20N4O. The van der Waals surface area contributed by atoms with Crippen LogP contribution in [-0.4, -0.2) is 34.9 Å². The van der Waals surface area contributed by atoms with Crippen LogP contribution >= 0.6 is 0 Å². The lowest BCUT2D eigenvalue weighted by Crippen LogP contribution is -2.31. The van der Waals surface area contributed by atoms with Crippen LogP contribution in [0.1, 0.15) is 24.1 Å². The van der Waals surface area contributed by atoms with E-state index in [4.69, 9.17) is 5.26 Å². The molecule has 5 nitrogen and oxygen atoms in total. The number of nitriles is 1. The molecule has 1 unspecified atom stereocenters. The lowest BCUT2D eigenvalue weighted by Gasteiger charge is -2.17. The zero-order chi connectivity index (χ0) is 16.8. The van der Waals surface area contributed by atoms with Gasteiger partial charge in [0.2, 0.25) is 5.91 Å². The van der Waals surface area contributed by atoms with E-state index >= 15 is 0 Å². The van der Waals surface area contributed by atoms with Crippen molar-refractivity contribution in [3.63, 3.8) is 0 Å². The third kappa shape index (κ3) is 4.11. The van der Waals surface area contributed by atoms with Crippen molar-refractivity contribution < 1.29 is 4.79 Å². The minimum Gasteiger partial charge on any atom is -0.379 e. The summed E-state index contributed by atoms with van der Waals surface area (Å²) in [5.74, 6) is 0.209. The third-order valence-corrected chi connectivity index (χ3v) is 4.26. The van der Waals surface area contributed by atoms with E-state index in [0.29, 0.717) is 18.7 Å². The highest BCUT2D eigenvalue weighted by Gasteiger charge is 2.25. The first-order valence-corrected chi connectivity index (χ1v) is 8.19. The topological polar surface area (TPSA) is 69.0 Å². The van der Waals surface area contributed by atoms with Crippen LogP contribution in [0.15, 0.2) is 48.7 Å². The highest BCUT2D eigenvalue weighted by Crippen LogP contribution is 2.17. The minimum absolute atomic E-state index is 0.209. The van der Waals surface area contributed by atoms with Crippen LogP contribution in [0.25, 0.3) is 0 Å². The molecule has 1 atom stereocenters. The smallest absolute Gasteiger partial charge is 0.222 e. The van der Waals surface area contributed by atoms with Gasteiger partial charge >= 0.3 is 0 Å². The molecule has 0 bridgehead atoms. The molecule has 1 aliphatic heterocycles. The molecule has 1 aromatic heterocycles. The van der Waals surface area contributed by atoms with Gasteiger partial charge < -0.3 is 10.2 Å². The normalized spacial score (nSPS) is 16.6. The van der Waals surface area contributed by atoms with Gasteiger partial charge in [0.1, 0.15) is 11.8 Å². The molecule has 2 heterocycles. The van der Waals surface area contributed by atoms with Gasteiger partial charge in [-0.1, -0.05) is 30.3 Å². The summed E-state index contributed by atoms with van der Waals surface area (Å²) in [5.41, 5.74) is 2.49. The summed E-state index contributed by atoms with van der Waals surface area (Å²) in [6, 6.07) is 15.9. The van der Waals surface area contributed by atoms with E-state index in [2.05, 4.69) is 22.4 Å². The second-order valence-electron chi connectivity index (χ2n) is 6.00. The molecule has 0 spiro atoms. The number of aromatic nitrogens is 1. The van der Waals surface area contributed by atoms with Crippen LogP contribution in [0.3, 0.4) is 0 Å². The molecule has 3 rings (SSSR count). The van der Waals surface area contributed by atoms with Gasteiger partial charge in [-0.3, -0.25) is 4.79 Å². The number of carbonyl (C=O) groups excluding carboxylic acids is 1. The first-order valence-electron chi connectivity index (χ1n) is 8.19. The minimum atomic E-state index is 0.209. The van der Waals surface area contributed by atoms with Crippen molar-refractivity contribution in [3.8, 4) is 6.07 Å². The maximum absolute atomic E-state index is 12.3. The third-order valence-electron chi connectivity index (χ3n) is 4.26. The Balaban J connectivity index is 1.47. The molecule has 1 saturated heterocycles. The number of hydrogen-bond acceptors (Lipinski definition) is 4. The van der Waals surface area contributed by atoms with Crippen LogP contribution in [0.2, 0.25) is 0 Å². The maximum atomic E-state index is 12.3. The Labute approximate surface area is 141 Å². The Kier molecular flexibility index (Phi) is 5.07. The van der Waals surface area contributed by atoms with Gasteiger partial charge in [0, 0.05) is 25.6 Å². The fourth-order valence-electron chi connectivity index (χ4n) is 2.94. The zero-order valence-corrected chi connectivity index (χ0v) is 13.5. The lowest BCUT2D eigenvalue weighted by molar-refractivity contribution is -0.130. The summed E-state index contributed by atoms with van der Waals surface area (Å²) in [5, 5.41) is 12.1. The summed E-state index contributed by atoms with van der Waals surface area (Å²) in [6.07, 6.45) is 3.93. The molecule has 1 aliphatic rings. The predicted molar refractivity (Wildman–Crippen MR) is 92.3 cm³/mol. The second kappa shape index (κ2) is 7.60. The highest BCUT2D eigenvalue weighted by atomic mass is 16.2. The molecule has 122 valence electrons. The number of rotatable bonds is 5. The van der Waals surface area contributed by atoms with E-state index in [9.17, 15) is 4.79 Å². The summed E-state index contributed by atoms with van der Waals surface area (Å²) in [6.45, 7) is 1.50. The van der Waals surface area contributed by atoms with Crippen molar-refractivity contribution in [1.29, 1.82) is 5.26 Å².